The number of nitrogens with one attached hydrogen (secondary N) is 3. The van der Waals surface area contributed by atoms with Crippen LogP contribution in [-0.2, 0) is 57.5 Å². The van der Waals surface area contributed by atoms with Gasteiger partial charge in [0.15, 0.2) is 0 Å². The summed E-state index contributed by atoms with van der Waals surface area (Å²) >= 11 is 6.40. The molecule has 4 aliphatic heterocycles. The maximum atomic E-state index is 15.4. The van der Waals surface area contributed by atoms with Gasteiger partial charge in [-0.05, 0) is 127 Å². The Morgan fingerprint density at radius 2 is 1.23 bits per heavy atom. The van der Waals surface area contributed by atoms with E-state index >= 15 is 19.2 Å². The molecule has 3 unspecified atom stereocenters. The van der Waals surface area contributed by atoms with Gasteiger partial charge in [0.05, 0.1) is 18.9 Å². The van der Waals surface area contributed by atoms with Crippen LogP contribution in [0.25, 0.3) is 0 Å². The molecule has 24 nitrogen and oxygen atoms in total. The Morgan fingerprint density at radius 3 is 1.82 bits per heavy atom. The highest BCUT2D eigenvalue weighted by molar-refractivity contribution is 6.21. The summed E-state index contributed by atoms with van der Waals surface area (Å²) in [7, 11) is 8.66. The molecule has 99 heavy (non-hydrogen) atoms. The van der Waals surface area contributed by atoms with Gasteiger partial charge in [-0.25, -0.2) is 0 Å². The van der Waals surface area contributed by atoms with Crippen molar-refractivity contribution in [2.75, 3.05) is 75.0 Å². The lowest BCUT2D eigenvalue weighted by Crippen LogP contribution is -2.65. The highest BCUT2D eigenvalue weighted by Crippen LogP contribution is 2.44. The van der Waals surface area contributed by atoms with Crippen molar-refractivity contribution in [3.63, 3.8) is 0 Å². The molecule has 7 rings (SSSR count). The number of hydrogen-bond donors (Lipinski definition) is 3. The van der Waals surface area contributed by atoms with E-state index in [-0.39, 0.29) is 95.6 Å². The van der Waals surface area contributed by atoms with Gasteiger partial charge in [0.1, 0.15) is 59.9 Å². The normalized spacial score (nSPS) is 31.1. The summed E-state index contributed by atoms with van der Waals surface area (Å²) in [5.41, 5.74) is -1.56. The Kier molecular flexibility index (Phi) is 28.3. The van der Waals surface area contributed by atoms with Crippen LogP contribution in [-0.4, -0.2) is 261 Å². The second-order valence-electron chi connectivity index (χ2n) is 30.2. The lowest BCUT2D eigenvalue weighted by Gasteiger charge is -2.45. The zero-order valence-electron chi connectivity index (χ0n) is 60.8. The Balaban J connectivity index is 1.27. The minimum atomic E-state index is -4.51. The van der Waals surface area contributed by atoms with Crippen molar-refractivity contribution in [3.8, 4) is 0 Å². The smallest absolute Gasteiger partial charge is 0.343 e. The number of halogens is 4. The maximum absolute atomic E-state index is 15.4. The topological polar surface area (TPSA) is 270 Å². The van der Waals surface area contributed by atoms with Crippen LogP contribution in [0.5, 0.6) is 0 Å². The summed E-state index contributed by atoms with van der Waals surface area (Å²) < 4.78 is 42.0. The fourth-order valence-corrected chi connectivity index (χ4v) is 16.9. The van der Waals surface area contributed by atoms with E-state index < -0.39 is 173 Å². The molecule has 1 spiro atoms. The first-order valence-corrected chi connectivity index (χ1v) is 37.2. The minimum absolute atomic E-state index is 0.00160. The number of likely N-dealkylation sites (tertiary alicyclic amines) is 1. The van der Waals surface area contributed by atoms with Crippen LogP contribution in [0.15, 0.2) is 0 Å². The van der Waals surface area contributed by atoms with Crippen LogP contribution >= 0.6 is 11.6 Å². The average molecular weight is 1420 g/mol. The number of nitrogens with zero attached hydrogens (tertiary/aromatic N) is 9. The van der Waals surface area contributed by atoms with E-state index in [1.54, 1.807) is 25.7 Å². The fraction of sp³-hybridized carbons (Fsp3) is 0.831. The molecule has 558 valence electrons. The second kappa shape index (κ2) is 35.1. The van der Waals surface area contributed by atoms with Crippen LogP contribution in [0.2, 0.25) is 0 Å². The molecular formula is C71H114ClF3N12O12. The summed E-state index contributed by atoms with van der Waals surface area (Å²) in [6.45, 7) is 10.9. The van der Waals surface area contributed by atoms with Gasteiger partial charge in [-0.1, -0.05) is 92.4 Å². The van der Waals surface area contributed by atoms with Gasteiger partial charge in [-0.15, -0.1) is 11.6 Å². The minimum Gasteiger partial charge on any atom is -0.343 e. The molecule has 7 aliphatic rings. The number of amides is 12. The van der Waals surface area contributed by atoms with E-state index in [1.807, 2.05) is 13.8 Å². The molecule has 4 heterocycles. The van der Waals surface area contributed by atoms with Gasteiger partial charge >= 0.3 is 6.18 Å². The highest BCUT2D eigenvalue weighted by atomic mass is 35.5. The Hall–Kier alpha value is -6.28. The molecule has 0 aromatic carbocycles. The third kappa shape index (κ3) is 18.9. The standard InChI is InChI=1S/C71H114ClF3N12O12/c1-13-24-51-60(90)77-58(44(5)14-2)67(97)80(8)45(6)62(92)87-38-32-53(87)65(95)82(10)54(40-46-25-17-15-18-26-46)64(94)79(7)42-56(88)76-50(31-29-47-28-30-48(49(72)39-47)71(73,74)75)63(93)86-37-23-27-52(86)61(91)78-70(33-19-20-34-70)69(99)84(12)59(43(3)4)68(98)83(11)55(41-57(89)81(51)9)66(96)85-35-21-16-22-36-85/h43-55,58-59H,13-42H2,1-12H3,(H,76,88)(H,77,90)(H,78,91)/t44-,45-,47?,48?,49?,50-,51-,52-,53-,54-,55-,58-,59-/m0/s1. The summed E-state index contributed by atoms with van der Waals surface area (Å²) in [4.78, 5) is 191. The van der Waals surface area contributed by atoms with E-state index in [9.17, 15) is 51.5 Å². The SMILES string of the molecule is CCC[C@H]1C(=O)N[C@@H]([C@@H](C)CC)C(=O)N(C)[C@@H](C)C(=O)N2CC[C@H]2C(=O)N(C)[C@@H](CC2CCCCC2)C(=O)N(C)CC(=O)N[C@@H](CCC2CCC(C(F)(F)F)C(Cl)C2)C(=O)N2CCC[C@H]2C(=O)NC2(CCCC2)C(=O)N(C)[C@@H](C(C)C)C(=O)N(C)[C@H](C(=O)N2CCCCC2)CC(=O)N1C. The quantitative estimate of drug-likeness (QED) is 0.206. The molecule has 0 radical (unpaired) electrons. The number of alkyl halides is 4. The van der Waals surface area contributed by atoms with Crippen molar-refractivity contribution < 1.29 is 70.7 Å². The van der Waals surface area contributed by atoms with Crippen LogP contribution in [0.4, 0.5) is 13.2 Å². The predicted molar refractivity (Wildman–Crippen MR) is 365 cm³/mol. The van der Waals surface area contributed by atoms with Crippen molar-refractivity contribution in [1.82, 2.24) is 60.0 Å². The first-order valence-electron chi connectivity index (χ1n) is 36.8. The third-order valence-corrected chi connectivity index (χ3v) is 23.6. The first-order chi connectivity index (χ1) is 46.7. The number of piperidine rings is 1. The molecule has 3 N–H and O–H groups in total. The molecule has 3 aliphatic carbocycles. The van der Waals surface area contributed by atoms with Gasteiger partial charge in [0.2, 0.25) is 70.9 Å². The highest BCUT2D eigenvalue weighted by Gasteiger charge is 2.52. The van der Waals surface area contributed by atoms with Crippen molar-refractivity contribution in [1.29, 1.82) is 0 Å². The van der Waals surface area contributed by atoms with Gasteiger partial charge in [0, 0.05) is 73.8 Å². The van der Waals surface area contributed by atoms with Gasteiger partial charge in [-0.2, -0.15) is 13.2 Å². The molecule has 28 heteroatoms. The predicted octanol–water partition coefficient (Wildman–Crippen LogP) is 5.85. The van der Waals surface area contributed by atoms with E-state index in [0.29, 0.717) is 58.0 Å². The van der Waals surface area contributed by atoms with Crippen molar-refractivity contribution in [2.24, 2.45) is 29.6 Å². The number of carbonyl (C=O) groups is 12. The van der Waals surface area contributed by atoms with Gasteiger partial charge in [-0.3, -0.25) is 57.5 Å². The third-order valence-electron chi connectivity index (χ3n) is 23.1. The molecule has 0 aromatic heterocycles. The molecule has 7 fully saturated rings. The average Bonchev–Trinajstić information content (AvgIpc) is 1.76. The second-order valence-corrected chi connectivity index (χ2v) is 30.8. The van der Waals surface area contributed by atoms with Crippen molar-refractivity contribution in [2.45, 2.75) is 274 Å². The molecule has 13 atom stereocenters. The summed E-state index contributed by atoms with van der Waals surface area (Å²) in [5.74, 6) is -10.5. The fourth-order valence-electron chi connectivity index (χ4n) is 16.4. The Bertz CT molecular complexity index is 2910. The number of carbonyl (C=O) groups excluding carboxylic acids is 12. The molecule has 12 amide bonds. The largest absolute Gasteiger partial charge is 0.393 e. The lowest BCUT2D eigenvalue weighted by atomic mass is 9.78. The molecule has 0 aromatic rings. The Labute approximate surface area is 588 Å². The number of rotatable bonds is 11. The zero-order valence-corrected chi connectivity index (χ0v) is 61.6. The van der Waals surface area contributed by atoms with E-state index in [1.165, 1.54) is 88.4 Å². The van der Waals surface area contributed by atoms with Gasteiger partial charge < -0.3 is 60.0 Å². The van der Waals surface area contributed by atoms with Crippen molar-refractivity contribution in [3.05, 3.63) is 0 Å². The van der Waals surface area contributed by atoms with Crippen LogP contribution < -0.4 is 16.0 Å². The van der Waals surface area contributed by atoms with Gasteiger partial charge in [0.25, 0.3) is 0 Å². The van der Waals surface area contributed by atoms with Crippen molar-refractivity contribution >= 4 is 82.5 Å². The maximum Gasteiger partial charge on any atom is 0.393 e. The number of hydrogen-bond acceptors (Lipinski definition) is 12. The van der Waals surface area contributed by atoms with Crippen LogP contribution in [0.1, 0.15) is 202 Å². The zero-order chi connectivity index (χ0) is 73.1. The Morgan fingerprint density at radius 1 is 0.596 bits per heavy atom. The molecule has 0 bridgehead atoms. The van der Waals surface area contributed by atoms with Crippen LogP contribution in [0, 0.1) is 29.6 Å². The number of fused-ring (bicyclic) bond motifs is 2. The van der Waals surface area contributed by atoms with E-state index in [2.05, 4.69) is 16.0 Å². The van der Waals surface area contributed by atoms with E-state index in [4.69, 9.17) is 11.6 Å². The molecule has 4 saturated heterocycles. The molecule has 3 saturated carbocycles. The first kappa shape index (κ1) is 80.0. The molecular weight excluding hydrogens is 1310 g/mol. The summed E-state index contributed by atoms with van der Waals surface area (Å²) in [6, 6.07) is -10.8. The number of likely N-dealkylation sites (N-methyl/N-ethyl adjacent to an activating group) is 6. The van der Waals surface area contributed by atoms with Crippen LogP contribution in [0.3, 0.4) is 0 Å². The summed E-state index contributed by atoms with van der Waals surface area (Å²) in [5, 5.41) is 7.59. The monoisotopic (exact) mass is 1420 g/mol. The lowest BCUT2D eigenvalue weighted by molar-refractivity contribution is -0.182. The van der Waals surface area contributed by atoms with E-state index in [0.717, 1.165) is 38.5 Å². The summed E-state index contributed by atoms with van der Waals surface area (Å²) in [6.07, 6.45) is 5.05.